The molecule has 0 aromatic heterocycles. The minimum absolute atomic E-state index is 0.492. The van der Waals surface area contributed by atoms with Crippen molar-refractivity contribution in [3.63, 3.8) is 0 Å². The molecule has 0 saturated heterocycles. The van der Waals surface area contributed by atoms with E-state index in [1.54, 1.807) is 13.8 Å². The van der Waals surface area contributed by atoms with Crippen LogP contribution in [0.3, 0.4) is 0 Å². The lowest BCUT2D eigenvalue weighted by Gasteiger charge is -2.39. The third-order valence-electron chi connectivity index (χ3n) is 6.86. The average molecular weight is 327 g/mol. The second-order valence-corrected chi connectivity index (χ2v) is 10.3. The Labute approximate surface area is 135 Å². The summed E-state index contributed by atoms with van der Waals surface area (Å²) in [4.78, 5) is 0. The maximum atomic E-state index is 11.5. The van der Waals surface area contributed by atoms with Gasteiger partial charge in [0.25, 0.3) is 0 Å². The normalized spacial score (nSPS) is 47.0. The Balaban J connectivity index is 0.000000693. The first-order valence-corrected chi connectivity index (χ1v) is 10.4. The molecule has 4 rings (SSSR count). The monoisotopic (exact) mass is 326 g/mol. The highest BCUT2D eigenvalue weighted by Crippen LogP contribution is 2.67. The molecular weight excluding hydrogens is 296 g/mol. The van der Waals surface area contributed by atoms with Crippen molar-refractivity contribution in [1.29, 1.82) is 0 Å². The van der Waals surface area contributed by atoms with E-state index < -0.39 is 14.9 Å². The van der Waals surface area contributed by atoms with E-state index in [1.165, 1.54) is 19.3 Å². The fourth-order valence-electron chi connectivity index (χ4n) is 6.12. The van der Waals surface area contributed by atoms with Crippen LogP contribution in [0.2, 0.25) is 0 Å². The van der Waals surface area contributed by atoms with E-state index in [0.29, 0.717) is 18.3 Å². The van der Waals surface area contributed by atoms with Crippen LogP contribution in [0.25, 0.3) is 0 Å². The Morgan fingerprint density at radius 3 is 2.32 bits per heavy atom. The Morgan fingerprint density at radius 1 is 1.14 bits per heavy atom. The molecule has 1 N–H and O–H groups in total. The van der Waals surface area contributed by atoms with E-state index >= 15 is 0 Å². The highest BCUT2D eigenvalue weighted by Gasteiger charge is 2.61. The standard InChI is InChI=1S/C16H24O3S.C2H6/c1-16(2,20(17,18)19)8-12-6-11-7-13(12)15-10-4-3-9(5-10)14(11)15;1-2/h3-4,9-15H,5-8H2,1-2H3,(H,17,18,19);1-2H3. The lowest BCUT2D eigenvalue weighted by molar-refractivity contribution is 0.137. The number of rotatable bonds is 3. The molecule has 0 aliphatic heterocycles. The summed E-state index contributed by atoms with van der Waals surface area (Å²) in [5, 5.41) is 0. The molecule has 4 heteroatoms. The zero-order valence-electron chi connectivity index (χ0n) is 14.2. The van der Waals surface area contributed by atoms with E-state index in [9.17, 15) is 13.0 Å². The van der Waals surface area contributed by atoms with E-state index in [4.69, 9.17) is 0 Å². The first kappa shape index (κ1) is 16.5. The van der Waals surface area contributed by atoms with Crippen molar-refractivity contribution in [2.24, 2.45) is 41.4 Å². The van der Waals surface area contributed by atoms with E-state index in [-0.39, 0.29) is 0 Å². The summed E-state index contributed by atoms with van der Waals surface area (Å²) in [7, 11) is -3.95. The first-order valence-electron chi connectivity index (χ1n) is 8.93. The summed E-state index contributed by atoms with van der Waals surface area (Å²) in [6.45, 7) is 7.35. The summed E-state index contributed by atoms with van der Waals surface area (Å²) in [6, 6.07) is 0. The van der Waals surface area contributed by atoms with Crippen molar-refractivity contribution in [2.45, 2.75) is 58.1 Å². The van der Waals surface area contributed by atoms with Gasteiger partial charge in [-0.05, 0) is 81.0 Å². The summed E-state index contributed by atoms with van der Waals surface area (Å²) in [6.07, 6.45) is 9.30. The van der Waals surface area contributed by atoms with Crippen molar-refractivity contribution in [3.8, 4) is 0 Å². The van der Waals surface area contributed by atoms with Gasteiger partial charge in [0.1, 0.15) is 4.75 Å². The maximum Gasteiger partial charge on any atom is 0.237 e. The average Bonchev–Trinajstić information content (AvgIpc) is 3.17. The fraction of sp³-hybridized carbons (Fsp3) is 0.889. The molecule has 0 aromatic rings. The molecule has 0 heterocycles. The minimum Gasteiger partial charge on any atom is -0.706 e. The van der Waals surface area contributed by atoms with Crippen molar-refractivity contribution in [3.05, 3.63) is 12.2 Å². The lowest BCUT2D eigenvalue weighted by Crippen LogP contribution is -2.38. The van der Waals surface area contributed by atoms with Crippen molar-refractivity contribution in [2.75, 3.05) is 0 Å². The number of hydrogen-bond donors (Lipinski definition) is 0. The molecule has 22 heavy (non-hydrogen) atoms. The number of allylic oxidation sites excluding steroid dienone is 2. The molecule has 3 saturated carbocycles. The van der Waals surface area contributed by atoms with Crippen LogP contribution >= 0.6 is 0 Å². The molecule has 0 amide bonds. The second-order valence-electron chi connectivity index (χ2n) is 8.20. The molecule has 126 valence electrons. The van der Waals surface area contributed by atoms with Gasteiger partial charge in [0.2, 0.25) is 10.1 Å². The van der Waals surface area contributed by atoms with Gasteiger partial charge in [0.05, 0.1) is 0 Å². The highest BCUT2D eigenvalue weighted by atomic mass is 32.2. The molecule has 3 nitrogen and oxygen atoms in total. The van der Waals surface area contributed by atoms with Gasteiger partial charge in [0, 0.05) is 0 Å². The van der Waals surface area contributed by atoms with Gasteiger partial charge < -0.3 is 4.55 Å². The summed E-state index contributed by atoms with van der Waals surface area (Å²) >= 11 is 0. The highest BCUT2D eigenvalue weighted by molar-refractivity contribution is 7.87. The van der Waals surface area contributed by atoms with Crippen LogP contribution in [0.15, 0.2) is 12.2 Å². The van der Waals surface area contributed by atoms with Crippen molar-refractivity contribution < 1.29 is 13.0 Å². The molecule has 8 unspecified atom stereocenters. The van der Waals surface area contributed by atoms with Gasteiger partial charge in [-0.1, -0.05) is 26.0 Å². The molecule has 4 bridgehead atoms. The van der Waals surface area contributed by atoms with E-state index in [2.05, 4.69) is 12.2 Å². The van der Waals surface area contributed by atoms with E-state index in [1.807, 2.05) is 13.8 Å². The van der Waals surface area contributed by atoms with Crippen LogP contribution in [0, 0.1) is 41.4 Å². The fourth-order valence-corrected chi connectivity index (χ4v) is 6.55. The molecule has 8 atom stereocenters. The van der Waals surface area contributed by atoms with Crippen LogP contribution in [-0.4, -0.2) is 17.7 Å². The van der Waals surface area contributed by atoms with Gasteiger partial charge in [-0.15, -0.1) is 0 Å². The van der Waals surface area contributed by atoms with Gasteiger partial charge in [-0.25, -0.2) is 4.21 Å². The molecule has 4 aliphatic carbocycles. The molecule has 4 aliphatic rings. The Morgan fingerprint density at radius 2 is 1.73 bits per heavy atom. The van der Waals surface area contributed by atoms with Crippen molar-refractivity contribution in [1.82, 2.24) is 0 Å². The van der Waals surface area contributed by atoms with Crippen LogP contribution in [0.5, 0.6) is 0 Å². The SMILES string of the molecule is CC.CC(C)(CC1CC2CC1C1C3C=CC(C3)C21)S(=O)([O-])=[OH+]. The van der Waals surface area contributed by atoms with Crippen LogP contribution < -0.4 is 0 Å². The minimum atomic E-state index is -3.95. The summed E-state index contributed by atoms with van der Waals surface area (Å²) in [5.41, 5.74) is 0. The van der Waals surface area contributed by atoms with Crippen LogP contribution in [0.4, 0.5) is 0 Å². The van der Waals surface area contributed by atoms with Crippen molar-refractivity contribution >= 4 is 10.1 Å². The van der Waals surface area contributed by atoms with Gasteiger partial charge in [0.15, 0.2) is 0 Å². The predicted octanol–water partition coefficient (Wildman–Crippen LogP) is 3.98. The Bertz CT molecular complexity index is 563. The summed E-state index contributed by atoms with van der Waals surface area (Å²) < 4.78 is 31.5. The maximum absolute atomic E-state index is 11.5. The second kappa shape index (κ2) is 5.34. The molecule has 0 radical (unpaired) electrons. The molecular formula is C18H30O3S. The molecule has 0 spiro atoms. The quantitative estimate of drug-likeness (QED) is 0.341. The van der Waals surface area contributed by atoms with Gasteiger partial charge in [-0.3, -0.25) is 0 Å². The van der Waals surface area contributed by atoms with Crippen LogP contribution in [-0.2, 0) is 10.1 Å². The van der Waals surface area contributed by atoms with Gasteiger partial charge >= 0.3 is 0 Å². The largest absolute Gasteiger partial charge is 0.706 e. The number of fused-ring (bicyclic) bond motifs is 9. The van der Waals surface area contributed by atoms with Crippen LogP contribution in [0.1, 0.15) is 53.4 Å². The topological polar surface area (TPSA) is 61.5 Å². The zero-order chi connectivity index (χ0) is 16.3. The van der Waals surface area contributed by atoms with Gasteiger partial charge in [-0.2, -0.15) is 4.21 Å². The first-order chi connectivity index (χ1) is 10.3. The Kier molecular flexibility index (Phi) is 4.00. The third kappa shape index (κ3) is 2.29. The van der Waals surface area contributed by atoms with E-state index in [0.717, 1.165) is 29.6 Å². The third-order valence-corrected chi connectivity index (χ3v) is 8.42. The predicted molar refractivity (Wildman–Crippen MR) is 88.3 cm³/mol. The molecule has 0 aromatic carbocycles. The Hall–Kier alpha value is -0.350. The summed E-state index contributed by atoms with van der Waals surface area (Å²) in [5.74, 6) is 5.28. The zero-order valence-corrected chi connectivity index (χ0v) is 15.0. The number of hydrogen-bond acceptors (Lipinski definition) is 2. The molecule has 3 fully saturated rings. The lowest BCUT2D eigenvalue weighted by atomic mass is 9.68. The smallest absolute Gasteiger partial charge is 0.237 e.